The number of halogens is 3. The number of pyridine rings is 1. The molecule has 0 unspecified atom stereocenters. The van der Waals surface area contributed by atoms with Crippen LogP contribution in [-0.4, -0.2) is 51.7 Å². The first-order valence-electron chi connectivity index (χ1n) is 12.6. The third kappa shape index (κ3) is 6.48. The second-order valence-electron chi connectivity index (χ2n) is 10.9. The Morgan fingerprint density at radius 1 is 1.18 bits per heavy atom. The van der Waals surface area contributed by atoms with Gasteiger partial charge in [-0.3, -0.25) is 9.78 Å². The molecule has 1 saturated carbocycles. The highest BCUT2D eigenvalue weighted by molar-refractivity contribution is 7.99. The van der Waals surface area contributed by atoms with E-state index in [1.807, 2.05) is 25.7 Å². The standard InChI is InChI=1S/C25H32F3N7O3S/c1-23(2,3)38-22(37)32-16-5-4-7-24(16)8-11-35(12-9-24)20-17(19(30)36)33-21(18(29)34-20)39-15-6-10-31-13-14(15)25(26,27)28/h6,10,13,16H,4-5,7-9,11-12H2,1-3H3,(H2,29,34)(H2,30,36)(H,32,37)/t16-/m1/s1. The number of anilines is 2. The second-order valence-corrected chi connectivity index (χ2v) is 11.9. The number of alkyl carbamates (subject to hydrolysis) is 1. The van der Waals surface area contributed by atoms with E-state index in [-0.39, 0.29) is 38.7 Å². The number of carbonyl (C=O) groups is 2. The highest BCUT2D eigenvalue weighted by atomic mass is 32.2. The van der Waals surface area contributed by atoms with Gasteiger partial charge in [-0.15, -0.1) is 0 Å². The lowest BCUT2D eigenvalue weighted by Gasteiger charge is -2.44. The van der Waals surface area contributed by atoms with E-state index in [1.54, 1.807) is 0 Å². The Kier molecular flexibility index (Phi) is 7.88. The molecule has 2 fully saturated rings. The van der Waals surface area contributed by atoms with Crippen LogP contribution in [0.1, 0.15) is 68.9 Å². The van der Waals surface area contributed by atoms with E-state index >= 15 is 0 Å². The van der Waals surface area contributed by atoms with E-state index in [4.69, 9.17) is 16.2 Å². The third-order valence-corrected chi connectivity index (χ3v) is 8.12. The summed E-state index contributed by atoms with van der Waals surface area (Å²) in [4.78, 5) is 38.6. The van der Waals surface area contributed by atoms with Crippen LogP contribution in [0, 0.1) is 5.41 Å². The lowest BCUT2D eigenvalue weighted by Crippen LogP contribution is -2.51. The number of nitrogens with zero attached hydrogens (tertiary/aromatic N) is 4. The van der Waals surface area contributed by atoms with Crippen molar-refractivity contribution in [2.24, 2.45) is 11.1 Å². The van der Waals surface area contributed by atoms with Crippen LogP contribution < -0.4 is 21.7 Å². The Bertz CT molecular complexity index is 1240. The van der Waals surface area contributed by atoms with E-state index < -0.39 is 29.3 Å². The fraction of sp³-hybridized carbons (Fsp3) is 0.560. The lowest BCUT2D eigenvalue weighted by atomic mass is 9.74. The van der Waals surface area contributed by atoms with Gasteiger partial charge in [0.05, 0.1) is 5.56 Å². The van der Waals surface area contributed by atoms with E-state index in [1.165, 1.54) is 12.3 Å². The van der Waals surface area contributed by atoms with Crippen LogP contribution in [0.4, 0.5) is 29.6 Å². The zero-order chi connectivity index (χ0) is 28.6. The highest BCUT2D eigenvalue weighted by Gasteiger charge is 2.46. The number of ether oxygens (including phenoxy) is 1. The molecule has 2 amide bonds. The summed E-state index contributed by atoms with van der Waals surface area (Å²) in [6, 6.07) is 1.16. The molecule has 39 heavy (non-hydrogen) atoms. The molecule has 0 aromatic carbocycles. The number of amides is 2. The topological polar surface area (TPSA) is 149 Å². The van der Waals surface area contributed by atoms with Crippen LogP contribution in [0.2, 0.25) is 0 Å². The number of piperidine rings is 1. The van der Waals surface area contributed by atoms with Gasteiger partial charge in [-0.05, 0) is 57.9 Å². The number of carbonyl (C=O) groups excluding carboxylic acids is 2. The predicted molar refractivity (Wildman–Crippen MR) is 139 cm³/mol. The maximum Gasteiger partial charge on any atom is 0.418 e. The summed E-state index contributed by atoms with van der Waals surface area (Å²) in [6.07, 6.45) is 1.06. The summed E-state index contributed by atoms with van der Waals surface area (Å²) in [5.41, 5.74) is 9.89. The van der Waals surface area contributed by atoms with Crippen molar-refractivity contribution in [3.05, 3.63) is 29.7 Å². The van der Waals surface area contributed by atoms with E-state index in [9.17, 15) is 22.8 Å². The number of rotatable bonds is 5. The molecular weight excluding hydrogens is 535 g/mol. The fourth-order valence-corrected chi connectivity index (χ4v) is 6.15. The van der Waals surface area contributed by atoms with E-state index in [2.05, 4.69) is 20.3 Å². The number of hydrogen-bond donors (Lipinski definition) is 3. The van der Waals surface area contributed by atoms with Gasteiger partial charge in [0.1, 0.15) is 10.6 Å². The van der Waals surface area contributed by atoms with Crippen LogP contribution in [0.15, 0.2) is 28.4 Å². The number of nitrogens with two attached hydrogens (primary N) is 2. The molecule has 2 aliphatic rings. The lowest BCUT2D eigenvalue weighted by molar-refractivity contribution is -0.140. The zero-order valence-electron chi connectivity index (χ0n) is 22.0. The molecule has 1 atom stereocenters. The number of primary amides is 1. The maximum atomic E-state index is 13.4. The minimum atomic E-state index is -4.63. The van der Waals surface area contributed by atoms with E-state index in [0.29, 0.717) is 31.0 Å². The first-order valence-corrected chi connectivity index (χ1v) is 13.4. The molecule has 1 saturated heterocycles. The first kappa shape index (κ1) is 28.7. The van der Waals surface area contributed by atoms with Gasteiger partial charge < -0.3 is 26.4 Å². The zero-order valence-corrected chi connectivity index (χ0v) is 22.8. The summed E-state index contributed by atoms with van der Waals surface area (Å²) < 4.78 is 45.7. The van der Waals surface area contributed by atoms with Gasteiger partial charge in [0, 0.05) is 36.4 Å². The SMILES string of the molecule is CC(C)(C)OC(=O)N[C@@H]1CCCC12CCN(c1nc(N)c(Sc3ccncc3C(F)(F)F)nc1C(N)=O)CC2. The molecule has 3 heterocycles. The van der Waals surface area contributed by atoms with Gasteiger partial charge in [-0.25, -0.2) is 14.8 Å². The molecule has 0 bridgehead atoms. The second kappa shape index (κ2) is 10.7. The molecule has 0 radical (unpaired) electrons. The van der Waals surface area contributed by atoms with Gasteiger partial charge in [-0.2, -0.15) is 13.2 Å². The average molecular weight is 568 g/mol. The number of alkyl halides is 3. The number of hydrogen-bond acceptors (Lipinski definition) is 9. The Morgan fingerprint density at radius 3 is 2.49 bits per heavy atom. The van der Waals surface area contributed by atoms with Crippen molar-refractivity contribution in [3.8, 4) is 0 Å². The molecule has 2 aromatic rings. The molecule has 2 aromatic heterocycles. The van der Waals surface area contributed by atoms with Crippen molar-refractivity contribution in [3.63, 3.8) is 0 Å². The van der Waals surface area contributed by atoms with Gasteiger partial charge in [-0.1, -0.05) is 18.2 Å². The Balaban J connectivity index is 1.53. The summed E-state index contributed by atoms with van der Waals surface area (Å²) in [6.45, 7) is 6.46. The first-order chi connectivity index (χ1) is 18.2. The minimum Gasteiger partial charge on any atom is -0.444 e. The van der Waals surface area contributed by atoms with Crippen molar-refractivity contribution in [2.45, 2.75) is 80.6 Å². The molecular formula is C25H32F3N7O3S. The molecule has 1 aliphatic heterocycles. The molecule has 10 nitrogen and oxygen atoms in total. The largest absolute Gasteiger partial charge is 0.444 e. The molecule has 4 rings (SSSR count). The fourth-order valence-electron chi connectivity index (χ4n) is 5.25. The van der Waals surface area contributed by atoms with Gasteiger partial charge in [0.25, 0.3) is 5.91 Å². The van der Waals surface area contributed by atoms with Crippen molar-refractivity contribution in [1.29, 1.82) is 0 Å². The van der Waals surface area contributed by atoms with Crippen LogP contribution >= 0.6 is 11.8 Å². The quantitative estimate of drug-likeness (QED) is 0.478. The normalized spacial score (nSPS) is 19.2. The van der Waals surface area contributed by atoms with Crippen LogP contribution in [-0.2, 0) is 10.9 Å². The molecule has 1 spiro atoms. The average Bonchev–Trinajstić information content (AvgIpc) is 3.20. The van der Waals surface area contributed by atoms with Gasteiger partial charge >= 0.3 is 12.3 Å². The Hall–Kier alpha value is -3.29. The summed E-state index contributed by atoms with van der Waals surface area (Å²) in [5, 5.41) is 2.99. The van der Waals surface area contributed by atoms with Crippen molar-refractivity contribution < 1.29 is 27.5 Å². The molecule has 5 N–H and O–H groups in total. The van der Waals surface area contributed by atoms with Gasteiger partial charge in [0.15, 0.2) is 17.3 Å². The monoisotopic (exact) mass is 567 g/mol. The van der Waals surface area contributed by atoms with Crippen molar-refractivity contribution in [2.75, 3.05) is 23.7 Å². The van der Waals surface area contributed by atoms with Crippen LogP contribution in [0.3, 0.4) is 0 Å². The summed E-state index contributed by atoms with van der Waals surface area (Å²) in [5.74, 6) is -0.786. The highest BCUT2D eigenvalue weighted by Crippen LogP contribution is 2.47. The van der Waals surface area contributed by atoms with Crippen molar-refractivity contribution >= 4 is 35.4 Å². The predicted octanol–water partition coefficient (Wildman–Crippen LogP) is 4.39. The minimum absolute atomic E-state index is 0.0387. The van der Waals surface area contributed by atoms with E-state index in [0.717, 1.165) is 32.1 Å². The van der Waals surface area contributed by atoms with Crippen LogP contribution in [0.25, 0.3) is 0 Å². The Morgan fingerprint density at radius 2 is 1.87 bits per heavy atom. The smallest absolute Gasteiger partial charge is 0.418 e. The molecule has 212 valence electrons. The van der Waals surface area contributed by atoms with Crippen molar-refractivity contribution in [1.82, 2.24) is 20.3 Å². The molecule has 1 aliphatic carbocycles. The third-order valence-electron chi connectivity index (χ3n) is 7.05. The summed E-state index contributed by atoms with van der Waals surface area (Å²) in [7, 11) is 0. The Labute approximate surface area is 228 Å². The van der Waals surface area contributed by atoms with Crippen LogP contribution in [0.5, 0.6) is 0 Å². The maximum absolute atomic E-state index is 13.4. The number of aromatic nitrogens is 3. The van der Waals surface area contributed by atoms with Gasteiger partial charge in [0.2, 0.25) is 0 Å². The summed E-state index contributed by atoms with van der Waals surface area (Å²) >= 11 is 0.643. The molecule has 14 heteroatoms. The number of nitrogens with one attached hydrogen (secondary N) is 1. The number of nitrogen functional groups attached to an aromatic ring is 1.